The summed E-state index contributed by atoms with van der Waals surface area (Å²) in [6.45, 7) is 3.19. The van der Waals surface area contributed by atoms with Crippen molar-refractivity contribution >= 4 is 5.97 Å². The Morgan fingerprint density at radius 3 is 2.59 bits per heavy atom. The van der Waals surface area contributed by atoms with Crippen molar-refractivity contribution in [2.45, 2.75) is 43.9 Å². The number of nitrogens with zero attached hydrogens (tertiary/aromatic N) is 1. The van der Waals surface area contributed by atoms with Gasteiger partial charge in [-0.3, -0.25) is 9.69 Å². The zero-order valence-corrected chi connectivity index (χ0v) is 10.6. The Morgan fingerprint density at radius 2 is 2.18 bits per heavy atom. The Labute approximate surface area is 102 Å². The molecule has 5 heteroatoms. The highest BCUT2D eigenvalue weighted by molar-refractivity contribution is 5.79. The Balaban J connectivity index is 2.00. The lowest BCUT2D eigenvalue weighted by molar-refractivity contribution is -0.145. The van der Waals surface area contributed by atoms with Crippen molar-refractivity contribution in [3.05, 3.63) is 0 Å². The molecule has 0 amide bonds. The first kappa shape index (κ1) is 12.8. The summed E-state index contributed by atoms with van der Waals surface area (Å²) >= 11 is 0. The predicted octanol–water partition coefficient (Wildman–Crippen LogP) is 0.288. The van der Waals surface area contributed by atoms with Crippen LogP contribution in [0.5, 0.6) is 0 Å². The topological polar surface area (TPSA) is 75.8 Å². The first-order valence-electron chi connectivity index (χ1n) is 6.29. The normalized spacial score (nSPS) is 32.7. The van der Waals surface area contributed by atoms with Gasteiger partial charge in [-0.1, -0.05) is 0 Å². The average Bonchev–Trinajstić information content (AvgIpc) is 3.01. The number of ether oxygens (including phenoxy) is 1. The smallest absolute Gasteiger partial charge is 0.325 e. The number of carboxylic acids is 1. The van der Waals surface area contributed by atoms with Crippen LogP contribution in [0.4, 0.5) is 0 Å². The number of carbonyl (C=O) groups is 1. The van der Waals surface area contributed by atoms with E-state index in [9.17, 15) is 9.90 Å². The van der Waals surface area contributed by atoms with E-state index >= 15 is 0 Å². The minimum atomic E-state index is -1.09. The van der Waals surface area contributed by atoms with Crippen LogP contribution in [0, 0.1) is 5.92 Å². The Hall–Kier alpha value is -0.650. The lowest BCUT2D eigenvalue weighted by Gasteiger charge is -2.34. The molecule has 98 valence electrons. The predicted molar refractivity (Wildman–Crippen MR) is 63.7 cm³/mol. The molecule has 0 aromatic rings. The van der Waals surface area contributed by atoms with Gasteiger partial charge in [-0.2, -0.15) is 0 Å². The monoisotopic (exact) mass is 242 g/mol. The molecule has 2 fully saturated rings. The van der Waals surface area contributed by atoms with Crippen LogP contribution >= 0.6 is 0 Å². The highest BCUT2D eigenvalue weighted by Gasteiger charge is 2.49. The summed E-state index contributed by atoms with van der Waals surface area (Å²) < 4.78 is 5.51. The van der Waals surface area contributed by atoms with Gasteiger partial charge in [0.05, 0.1) is 6.10 Å². The molecule has 2 aliphatic rings. The largest absolute Gasteiger partial charge is 0.480 e. The van der Waals surface area contributed by atoms with Gasteiger partial charge >= 0.3 is 5.97 Å². The SMILES string of the molecule is CC1OCCC1N(C)CC(N)(C(=O)O)C1CC1. The maximum Gasteiger partial charge on any atom is 0.325 e. The Morgan fingerprint density at radius 1 is 1.53 bits per heavy atom. The zero-order valence-electron chi connectivity index (χ0n) is 10.6. The van der Waals surface area contributed by atoms with Crippen molar-refractivity contribution in [2.75, 3.05) is 20.2 Å². The molecule has 3 unspecified atom stereocenters. The molecule has 0 bridgehead atoms. The fourth-order valence-corrected chi connectivity index (χ4v) is 2.80. The molecule has 0 spiro atoms. The molecule has 1 aliphatic carbocycles. The molecule has 3 N–H and O–H groups in total. The first-order chi connectivity index (χ1) is 7.95. The minimum Gasteiger partial charge on any atom is -0.480 e. The molecule has 5 nitrogen and oxygen atoms in total. The number of nitrogens with two attached hydrogens (primary N) is 1. The van der Waals surface area contributed by atoms with Crippen molar-refractivity contribution < 1.29 is 14.6 Å². The van der Waals surface area contributed by atoms with E-state index in [2.05, 4.69) is 4.90 Å². The number of hydrogen-bond donors (Lipinski definition) is 2. The van der Waals surface area contributed by atoms with E-state index in [-0.39, 0.29) is 18.1 Å². The molecule has 3 atom stereocenters. The molecule has 0 aromatic heterocycles. The van der Waals surface area contributed by atoms with Crippen LogP contribution in [0.3, 0.4) is 0 Å². The summed E-state index contributed by atoms with van der Waals surface area (Å²) in [4.78, 5) is 13.4. The third-order valence-electron chi connectivity index (χ3n) is 4.12. The lowest BCUT2D eigenvalue weighted by Crippen LogP contribution is -2.59. The van der Waals surface area contributed by atoms with Crippen LogP contribution in [0.1, 0.15) is 26.2 Å². The molecule has 1 saturated carbocycles. The number of hydrogen-bond acceptors (Lipinski definition) is 4. The van der Waals surface area contributed by atoms with Crippen LogP contribution in [-0.2, 0) is 9.53 Å². The Bertz CT molecular complexity index is 306. The second kappa shape index (κ2) is 4.55. The molecular weight excluding hydrogens is 220 g/mol. The molecule has 0 aromatic carbocycles. The number of rotatable bonds is 5. The molecule has 1 heterocycles. The van der Waals surface area contributed by atoms with Crippen LogP contribution in [0.25, 0.3) is 0 Å². The second-order valence-corrected chi connectivity index (χ2v) is 5.47. The second-order valence-electron chi connectivity index (χ2n) is 5.47. The van der Waals surface area contributed by atoms with Gasteiger partial charge < -0.3 is 15.6 Å². The van der Waals surface area contributed by atoms with Gasteiger partial charge in [0.15, 0.2) is 0 Å². The minimum absolute atomic E-state index is 0.139. The maximum absolute atomic E-state index is 11.4. The standard InChI is InChI=1S/C12H22N2O3/c1-8-10(5-6-17-8)14(2)7-12(13,11(15)16)9-3-4-9/h8-10H,3-7,13H2,1-2H3,(H,15,16). The fourth-order valence-electron chi connectivity index (χ4n) is 2.80. The van der Waals surface area contributed by atoms with E-state index in [0.29, 0.717) is 6.54 Å². The van der Waals surface area contributed by atoms with Gasteiger partial charge in [0, 0.05) is 19.2 Å². The zero-order chi connectivity index (χ0) is 12.6. The van der Waals surface area contributed by atoms with Crippen molar-refractivity contribution in [2.24, 2.45) is 11.7 Å². The third kappa shape index (κ3) is 2.46. The van der Waals surface area contributed by atoms with Crippen LogP contribution in [-0.4, -0.2) is 53.9 Å². The van der Waals surface area contributed by atoms with E-state index in [1.807, 2.05) is 14.0 Å². The molecule has 0 radical (unpaired) electrons. The van der Waals surface area contributed by atoms with Gasteiger partial charge in [-0.05, 0) is 39.2 Å². The first-order valence-corrected chi connectivity index (χ1v) is 6.29. The van der Waals surface area contributed by atoms with Gasteiger partial charge in [0.1, 0.15) is 5.54 Å². The number of likely N-dealkylation sites (N-methyl/N-ethyl adjacent to an activating group) is 1. The summed E-state index contributed by atoms with van der Waals surface area (Å²) in [5.41, 5.74) is 4.99. The summed E-state index contributed by atoms with van der Waals surface area (Å²) in [6, 6.07) is 0.288. The quantitative estimate of drug-likeness (QED) is 0.724. The average molecular weight is 242 g/mol. The van der Waals surface area contributed by atoms with Crippen LogP contribution < -0.4 is 5.73 Å². The summed E-state index contributed by atoms with van der Waals surface area (Å²) in [7, 11) is 1.95. The highest BCUT2D eigenvalue weighted by Crippen LogP contribution is 2.39. The van der Waals surface area contributed by atoms with Crippen molar-refractivity contribution in [1.82, 2.24) is 4.90 Å². The van der Waals surface area contributed by atoms with E-state index in [4.69, 9.17) is 10.5 Å². The fraction of sp³-hybridized carbons (Fsp3) is 0.917. The van der Waals surface area contributed by atoms with Crippen LogP contribution in [0.2, 0.25) is 0 Å². The van der Waals surface area contributed by atoms with Crippen molar-refractivity contribution in [3.63, 3.8) is 0 Å². The number of carboxylic acid groups (broad SMARTS) is 1. The van der Waals surface area contributed by atoms with E-state index in [0.717, 1.165) is 25.9 Å². The van der Waals surface area contributed by atoms with Gasteiger partial charge in [-0.15, -0.1) is 0 Å². The molecule has 17 heavy (non-hydrogen) atoms. The van der Waals surface area contributed by atoms with Crippen molar-refractivity contribution in [3.8, 4) is 0 Å². The maximum atomic E-state index is 11.4. The van der Waals surface area contributed by atoms with E-state index < -0.39 is 11.5 Å². The third-order valence-corrected chi connectivity index (χ3v) is 4.12. The van der Waals surface area contributed by atoms with E-state index in [1.54, 1.807) is 0 Å². The van der Waals surface area contributed by atoms with Gasteiger partial charge in [-0.25, -0.2) is 0 Å². The summed E-state index contributed by atoms with van der Waals surface area (Å²) in [5.74, 6) is -0.738. The molecule has 1 aliphatic heterocycles. The van der Waals surface area contributed by atoms with E-state index in [1.165, 1.54) is 0 Å². The highest BCUT2D eigenvalue weighted by atomic mass is 16.5. The van der Waals surface area contributed by atoms with Crippen molar-refractivity contribution in [1.29, 1.82) is 0 Å². The van der Waals surface area contributed by atoms with Gasteiger partial charge in [0.25, 0.3) is 0 Å². The van der Waals surface area contributed by atoms with Gasteiger partial charge in [0.2, 0.25) is 0 Å². The van der Waals surface area contributed by atoms with Crippen LogP contribution in [0.15, 0.2) is 0 Å². The molecule has 2 rings (SSSR count). The summed E-state index contributed by atoms with van der Waals surface area (Å²) in [6.07, 6.45) is 3.00. The Kier molecular flexibility index (Phi) is 3.43. The number of aliphatic carboxylic acids is 1. The molecule has 1 saturated heterocycles. The summed E-state index contributed by atoms with van der Waals surface area (Å²) in [5, 5.41) is 9.32. The lowest BCUT2D eigenvalue weighted by atomic mass is 9.93. The molecular formula is C12H22N2O3.